The van der Waals surface area contributed by atoms with Gasteiger partial charge in [-0.05, 0) is 125 Å². The fraction of sp³-hybridized carbons (Fsp3) is 0.543. The predicted molar refractivity (Wildman–Crippen MR) is 172 cm³/mol. The molecule has 44 heavy (non-hydrogen) atoms. The van der Waals surface area contributed by atoms with Gasteiger partial charge in [-0.15, -0.1) is 0 Å². The number of pyridine rings is 1. The lowest BCUT2D eigenvalue weighted by Gasteiger charge is -2.36. The number of hydrogen-bond acceptors (Lipinski definition) is 5. The first-order chi connectivity index (χ1) is 21.2. The van der Waals surface area contributed by atoms with Gasteiger partial charge in [-0.2, -0.15) is 5.10 Å². The molecule has 0 unspecified atom stereocenters. The van der Waals surface area contributed by atoms with E-state index in [0.29, 0.717) is 30.7 Å². The van der Waals surface area contributed by atoms with Crippen LogP contribution in [0.5, 0.6) is 5.75 Å². The van der Waals surface area contributed by atoms with Gasteiger partial charge in [0, 0.05) is 43.0 Å². The predicted octanol–water partition coefficient (Wildman–Crippen LogP) is 7.22. The molecule has 2 fully saturated rings. The van der Waals surface area contributed by atoms with Gasteiger partial charge in [0.15, 0.2) is 0 Å². The number of nitrogens with one attached hydrogen (secondary N) is 1. The highest BCUT2D eigenvalue weighted by molar-refractivity contribution is 5.94. The molecule has 2 aromatic heterocycles. The van der Waals surface area contributed by atoms with Crippen molar-refractivity contribution in [3.05, 3.63) is 60.0 Å². The van der Waals surface area contributed by atoms with Crippen LogP contribution in [0.15, 0.2) is 48.9 Å². The van der Waals surface area contributed by atoms with E-state index in [-0.39, 0.29) is 23.8 Å². The number of methoxy groups -OCH3 is 1. The number of ether oxygens (including phenoxy) is 1. The van der Waals surface area contributed by atoms with Gasteiger partial charge in [0.2, 0.25) is 5.91 Å². The number of nitrogens with zero attached hydrogens (tertiary/aromatic N) is 4. The lowest BCUT2D eigenvalue weighted by atomic mass is 9.77. The molecule has 236 valence electrons. The number of amides is 2. The Kier molecular flexibility index (Phi) is 10.2. The maximum atomic E-state index is 14.2. The van der Waals surface area contributed by atoms with E-state index in [9.17, 15) is 9.59 Å². The van der Waals surface area contributed by atoms with E-state index in [1.165, 1.54) is 11.1 Å². The number of hydrogen-bond donors (Lipinski definition) is 2. The first-order valence-electron chi connectivity index (χ1n) is 16.1. The molecule has 0 saturated heterocycles. The Bertz CT molecular complexity index is 1420. The monoisotopic (exact) mass is 601 g/mol. The summed E-state index contributed by atoms with van der Waals surface area (Å²) in [7, 11) is 1.71. The Labute approximate surface area is 261 Å². The van der Waals surface area contributed by atoms with E-state index < -0.39 is 6.09 Å². The highest BCUT2D eigenvalue weighted by atomic mass is 16.5. The standard InChI is InChI=1S/C35H47N5O4/c1-23(2)40-22-31(20-38-40)30-15-16-36-33(18-30)39(34(41)28-11-5-25(6-12-28)19-37-35(42)43)21-26-7-9-27(10-8-26)29-13-14-32(44-4)24(3)17-29/h13-18,20,22-23,25-28,37H,5-12,19,21H2,1-4H3,(H,42,43)/t25-,26-,27-,28-. The third-order valence-electron chi connectivity index (χ3n) is 9.67. The number of aryl methyl sites for hydroxylation is 1. The third kappa shape index (κ3) is 7.60. The Morgan fingerprint density at radius 3 is 2.39 bits per heavy atom. The van der Waals surface area contributed by atoms with Crippen molar-refractivity contribution in [1.82, 2.24) is 20.1 Å². The van der Waals surface area contributed by atoms with Crippen LogP contribution in [-0.4, -0.2) is 52.1 Å². The molecule has 0 bridgehead atoms. The summed E-state index contributed by atoms with van der Waals surface area (Å²) in [6.07, 6.45) is 12.3. The first-order valence-corrected chi connectivity index (χ1v) is 16.1. The van der Waals surface area contributed by atoms with E-state index in [1.54, 1.807) is 13.3 Å². The van der Waals surface area contributed by atoms with Crippen molar-refractivity contribution in [1.29, 1.82) is 0 Å². The topological polar surface area (TPSA) is 110 Å². The molecule has 0 spiro atoms. The van der Waals surface area contributed by atoms with Gasteiger partial charge in [0.1, 0.15) is 11.6 Å². The van der Waals surface area contributed by atoms with Crippen molar-refractivity contribution >= 4 is 17.8 Å². The fourth-order valence-corrected chi connectivity index (χ4v) is 6.97. The molecule has 9 nitrogen and oxygen atoms in total. The quantitative estimate of drug-likeness (QED) is 0.254. The Balaban J connectivity index is 1.31. The SMILES string of the molecule is COc1ccc([C@H]2CC[C@H](CN(c3cc(-c4cnn(C(C)C)c4)ccn3)C(=O)[C@H]3CC[C@H](CNC(=O)O)CC3)CC2)cc1C. The maximum absolute atomic E-state index is 14.2. The van der Waals surface area contributed by atoms with Crippen LogP contribution in [0.25, 0.3) is 11.1 Å². The van der Waals surface area contributed by atoms with Crippen molar-refractivity contribution in [2.45, 2.75) is 84.1 Å². The van der Waals surface area contributed by atoms with Gasteiger partial charge >= 0.3 is 6.09 Å². The highest BCUT2D eigenvalue weighted by Crippen LogP contribution is 2.39. The van der Waals surface area contributed by atoms with E-state index in [2.05, 4.69) is 49.4 Å². The zero-order valence-electron chi connectivity index (χ0n) is 26.5. The smallest absolute Gasteiger partial charge is 0.404 e. The summed E-state index contributed by atoms with van der Waals surface area (Å²) < 4.78 is 7.41. The summed E-state index contributed by atoms with van der Waals surface area (Å²) in [5.41, 5.74) is 4.56. The second kappa shape index (κ2) is 14.3. The molecule has 2 heterocycles. The van der Waals surface area contributed by atoms with E-state index >= 15 is 0 Å². The van der Waals surface area contributed by atoms with Crippen LogP contribution in [-0.2, 0) is 4.79 Å². The van der Waals surface area contributed by atoms with Gasteiger partial charge in [0.05, 0.1) is 13.3 Å². The van der Waals surface area contributed by atoms with Crippen LogP contribution in [0.3, 0.4) is 0 Å². The molecular formula is C35H47N5O4. The summed E-state index contributed by atoms with van der Waals surface area (Å²) in [4.78, 5) is 31.9. The number of benzene rings is 1. The average Bonchev–Trinajstić information content (AvgIpc) is 3.54. The molecule has 2 N–H and O–H groups in total. The van der Waals surface area contributed by atoms with Gasteiger partial charge < -0.3 is 15.2 Å². The Morgan fingerprint density at radius 2 is 1.75 bits per heavy atom. The molecule has 0 aliphatic heterocycles. The summed E-state index contributed by atoms with van der Waals surface area (Å²) in [6, 6.07) is 10.8. The molecule has 5 rings (SSSR count). The van der Waals surface area contributed by atoms with Crippen LogP contribution in [0.2, 0.25) is 0 Å². The lowest BCUT2D eigenvalue weighted by Crippen LogP contribution is -2.42. The summed E-state index contributed by atoms with van der Waals surface area (Å²) >= 11 is 0. The van der Waals surface area contributed by atoms with Gasteiger partial charge in [-0.1, -0.05) is 12.1 Å². The highest BCUT2D eigenvalue weighted by Gasteiger charge is 2.33. The molecule has 2 aliphatic rings. The molecular weight excluding hydrogens is 554 g/mol. The number of carboxylic acid groups (broad SMARTS) is 1. The minimum atomic E-state index is -0.990. The van der Waals surface area contributed by atoms with Crippen molar-refractivity contribution in [3.63, 3.8) is 0 Å². The largest absolute Gasteiger partial charge is 0.496 e. The zero-order chi connectivity index (χ0) is 31.2. The third-order valence-corrected chi connectivity index (χ3v) is 9.67. The maximum Gasteiger partial charge on any atom is 0.404 e. The van der Waals surface area contributed by atoms with Crippen molar-refractivity contribution in [3.8, 4) is 16.9 Å². The number of carbonyl (C=O) groups excluding carboxylic acids is 1. The lowest BCUT2D eigenvalue weighted by molar-refractivity contribution is -0.123. The van der Waals surface area contributed by atoms with Crippen LogP contribution in [0.1, 0.15) is 88.3 Å². The zero-order valence-corrected chi connectivity index (χ0v) is 26.5. The average molecular weight is 602 g/mol. The van der Waals surface area contributed by atoms with Crippen molar-refractivity contribution in [2.24, 2.45) is 17.8 Å². The summed E-state index contributed by atoms with van der Waals surface area (Å²) in [5.74, 6) is 2.89. The van der Waals surface area contributed by atoms with Gasteiger partial charge in [-0.3, -0.25) is 14.4 Å². The first kappa shape index (κ1) is 31.5. The van der Waals surface area contributed by atoms with Crippen LogP contribution < -0.4 is 15.0 Å². The van der Waals surface area contributed by atoms with Gasteiger partial charge in [0.25, 0.3) is 0 Å². The number of anilines is 1. The molecule has 9 heteroatoms. The number of carbonyl (C=O) groups is 2. The van der Waals surface area contributed by atoms with Crippen LogP contribution in [0, 0.1) is 24.7 Å². The molecule has 2 amide bonds. The van der Waals surface area contributed by atoms with E-state index in [0.717, 1.165) is 68.2 Å². The number of rotatable bonds is 10. The molecule has 1 aromatic carbocycles. The number of aromatic nitrogens is 3. The fourth-order valence-electron chi connectivity index (χ4n) is 6.97. The van der Waals surface area contributed by atoms with E-state index in [4.69, 9.17) is 14.8 Å². The summed E-state index contributed by atoms with van der Waals surface area (Å²) in [6.45, 7) is 7.42. The van der Waals surface area contributed by atoms with Crippen LogP contribution in [0.4, 0.5) is 10.6 Å². The van der Waals surface area contributed by atoms with E-state index in [1.807, 2.05) is 34.1 Å². The van der Waals surface area contributed by atoms with Crippen molar-refractivity contribution in [2.75, 3.05) is 25.1 Å². The van der Waals surface area contributed by atoms with Crippen molar-refractivity contribution < 1.29 is 19.4 Å². The Morgan fingerprint density at radius 1 is 1.02 bits per heavy atom. The molecule has 0 atom stereocenters. The van der Waals surface area contributed by atoms with Crippen LogP contribution >= 0.6 is 0 Å². The molecule has 3 aromatic rings. The van der Waals surface area contributed by atoms with Gasteiger partial charge in [-0.25, -0.2) is 9.78 Å². The second-order valence-corrected chi connectivity index (χ2v) is 13.0. The summed E-state index contributed by atoms with van der Waals surface area (Å²) in [5, 5.41) is 16.0. The second-order valence-electron chi connectivity index (χ2n) is 13.0. The minimum absolute atomic E-state index is 0.0798. The molecule has 2 saturated carbocycles. The Hall–Kier alpha value is -3.88. The normalized spacial score (nSPS) is 22.0. The minimum Gasteiger partial charge on any atom is -0.496 e. The molecule has 0 radical (unpaired) electrons. The molecule has 2 aliphatic carbocycles.